The molecule has 1 aliphatic carbocycles. The average molecular weight is 1020 g/mol. The van der Waals surface area contributed by atoms with Crippen molar-refractivity contribution in [3.8, 4) is 11.1 Å². The molecule has 2 nitrogen and oxygen atoms in total. The van der Waals surface area contributed by atoms with Gasteiger partial charge in [-0.05, 0) is 177 Å². The molecule has 0 saturated carbocycles. The molecule has 10 rings (SSSR count). The monoisotopic (exact) mass is 1020 g/mol. The van der Waals surface area contributed by atoms with E-state index in [0.717, 1.165) is 22.7 Å². The molecule has 9 aromatic carbocycles. The molecule has 9 aromatic rings. The van der Waals surface area contributed by atoms with Crippen LogP contribution in [-0.4, -0.2) is 16.1 Å². The lowest BCUT2D eigenvalue weighted by atomic mass is 9.86. The van der Waals surface area contributed by atoms with Gasteiger partial charge in [0, 0.05) is 38.8 Å². The minimum Gasteiger partial charge on any atom is -0.310 e. The molecule has 0 spiro atoms. The second-order valence-corrected chi connectivity index (χ2v) is 39.1. The Morgan fingerprint density at radius 2 is 0.680 bits per heavy atom. The topological polar surface area (TPSA) is 6.48 Å². The average Bonchev–Trinajstić information content (AvgIpc) is 3.66. The molecule has 4 heteroatoms. The van der Waals surface area contributed by atoms with Crippen LogP contribution in [0.4, 0.5) is 34.1 Å². The van der Waals surface area contributed by atoms with Gasteiger partial charge in [-0.3, -0.25) is 0 Å². The first-order chi connectivity index (χ1) is 35.0. The highest BCUT2D eigenvalue weighted by atomic mass is 28.4. The number of benzene rings is 9. The van der Waals surface area contributed by atoms with Crippen LogP contribution in [-0.2, 0) is 26.3 Å². The zero-order chi connectivity index (χ0) is 54.0. The summed E-state index contributed by atoms with van der Waals surface area (Å²) >= 11 is 0. The molecule has 1 aliphatic rings. The largest absolute Gasteiger partial charge is 0.310 e. The Balaban J connectivity index is 1.21. The molecular formula is C71H82N2Si2. The Hall–Kier alpha value is -6.21. The number of anilines is 6. The highest BCUT2D eigenvalue weighted by Gasteiger charge is 2.60. The minimum atomic E-state index is -2.13. The Kier molecular flexibility index (Phi) is 12.5. The highest BCUT2D eigenvalue weighted by Crippen LogP contribution is 2.62. The maximum absolute atomic E-state index is 2.66. The van der Waals surface area contributed by atoms with Gasteiger partial charge >= 0.3 is 0 Å². The molecule has 0 amide bonds. The first-order valence-electron chi connectivity index (χ1n) is 27.6. The van der Waals surface area contributed by atoms with E-state index in [0.29, 0.717) is 0 Å². The zero-order valence-electron chi connectivity index (χ0n) is 48.6. The van der Waals surface area contributed by atoms with Crippen molar-refractivity contribution in [2.24, 2.45) is 0 Å². The normalized spacial score (nSPS) is 14.1. The van der Waals surface area contributed by atoms with Crippen LogP contribution < -0.4 is 9.80 Å². The van der Waals surface area contributed by atoms with E-state index in [9.17, 15) is 0 Å². The molecule has 0 bridgehead atoms. The predicted octanol–water partition coefficient (Wildman–Crippen LogP) is 21.3. The molecule has 0 unspecified atom stereocenters. The fourth-order valence-corrected chi connectivity index (χ4v) is 26.1. The fourth-order valence-electron chi connectivity index (χ4n) is 13.1. The van der Waals surface area contributed by atoms with Gasteiger partial charge in [-0.1, -0.05) is 213 Å². The second kappa shape index (κ2) is 18.0. The van der Waals surface area contributed by atoms with Crippen molar-refractivity contribution < 1.29 is 0 Å². The van der Waals surface area contributed by atoms with Crippen LogP contribution in [0.3, 0.4) is 0 Å². The summed E-state index contributed by atoms with van der Waals surface area (Å²) in [4.78, 5) is 4.94. The Morgan fingerprint density at radius 1 is 0.320 bits per heavy atom. The van der Waals surface area contributed by atoms with Crippen LogP contribution in [0.5, 0.6) is 0 Å². The predicted molar refractivity (Wildman–Crippen MR) is 336 cm³/mol. The molecule has 384 valence electrons. The van der Waals surface area contributed by atoms with Crippen molar-refractivity contribution in [3.05, 3.63) is 203 Å². The standard InChI is InChI=1S/C71H82N2Si2/c1-67(2,3)49-24-33-53(34-25-49)72(54-35-26-50(27-36-54)68(4,5)6)57-32-23-47-44-63-64(45-48(47)43-57)71(74(13,14)15,75(16,17)18)66-61-42-41-58(46-62(61)59-21-19-20-22-60(59)65(63)66)73(55-37-28-51(29-38-55)69(7,8)9)56-39-30-52(31-40-56)70(10,11)12/h19-46H,1-18H3. The van der Waals surface area contributed by atoms with Crippen LogP contribution in [0.1, 0.15) is 116 Å². The van der Waals surface area contributed by atoms with E-state index in [2.05, 4.69) is 302 Å². The second-order valence-electron chi connectivity index (χ2n) is 28.1. The molecular weight excluding hydrogens is 937 g/mol. The van der Waals surface area contributed by atoms with E-state index in [1.807, 2.05) is 0 Å². The van der Waals surface area contributed by atoms with Crippen molar-refractivity contribution in [1.82, 2.24) is 0 Å². The van der Waals surface area contributed by atoms with Crippen molar-refractivity contribution >= 4 is 82.6 Å². The van der Waals surface area contributed by atoms with Gasteiger partial charge in [-0.15, -0.1) is 0 Å². The number of hydrogen-bond acceptors (Lipinski definition) is 2. The van der Waals surface area contributed by atoms with Gasteiger partial charge in [0.1, 0.15) is 0 Å². The first-order valence-corrected chi connectivity index (χ1v) is 34.6. The highest BCUT2D eigenvalue weighted by molar-refractivity contribution is 7.00. The third-order valence-corrected chi connectivity index (χ3v) is 26.8. The SMILES string of the molecule is CC(C)(C)c1ccc(N(c2ccc(C(C)(C)C)cc2)c2ccc3cc4c(cc3c2)C([Si](C)(C)C)([Si](C)(C)C)c2c-4c3ccccc3c3cc(N(c4ccc(C(C)(C)C)cc4)c4ccc(C(C)(C)C)cc4)ccc23)cc1. The van der Waals surface area contributed by atoms with E-state index < -0.39 is 16.1 Å². The lowest BCUT2D eigenvalue weighted by molar-refractivity contribution is 0.590. The fraction of sp³-hybridized carbons (Fsp3) is 0.324. The first kappa shape index (κ1) is 52.2. The number of fused-ring (bicyclic) bond motifs is 9. The van der Waals surface area contributed by atoms with Gasteiger partial charge in [0.15, 0.2) is 0 Å². The van der Waals surface area contributed by atoms with E-state index in [1.165, 1.54) is 82.6 Å². The van der Waals surface area contributed by atoms with Gasteiger partial charge in [-0.25, -0.2) is 0 Å². The van der Waals surface area contributed by atoms with Crippen LogP contribution in [0.15, 0.2) is 170 Å². The van der Waals surface area contributed by atoms with Crippen LogP contribution >= 0.6 is 0 Å². The molecule has 0 atom stereocenters. The summed E-state index contributed by atoms with van der Waals surface area (Å²) in [5, 5.41) is 7.97. The zero-order valence-corrected chi connectivity index (χ0v) is 50.6. The van der Waals surface area contributed by atoms with E-state index in [1.54, 1.807) is 5.56 Å². The summed E-state index contributed by atoms with van der Waals surface area (Å²) in [5.74, 6) is 0. The van der Waals surface area contributed by atoms with E-state index >= 15 is 0 Å². The molecule has 0 saturated heterocycles. The summed E-state index contributed by atoms with van der Waals surface area (Å²) in [5.41, 5.74) is 18.6. The molecule has 75 heavy (non-hydrogen) atoms. The quantitative estimate of drug-likeness (QED) is 0.111. The number of hydrogen-bond donors (Lipinski definition) is 0. The van der Waals surface area contributed by atoms with Gasteiger partial charge in [-0.2, -0.15) is 0 Å². The van der Waals surface area contributed by atoms with Gasteiger partial charge in [0.25, 0.3) is 0 Å². The van der Waals surface area contributed by atoms with E-state index in [4.69, 9.17) is 0 Å². The Bertz CT molecular complexity index is 3490. The van der Waals surface area contributed by atoms with Crippen LogP contribution in [0.2, 0.25) is 39.3 Å². The van der Waals surface area contributed by atoms with E-state index in [-0.39, 0.29) is 26.3 Å². The number of rotatable bonds is 8. The molecule has 0 aliphatic heterocycles. The maximum Gasteiger partial charge on any atom is 0.0579 e. The van der Waals surface area contributed by atoms with Gasteiger partial charge in [0.2, 0.25) is 0 Å². The third-order valence-electron chi connectivity index (χ3n) is 16.8. The lowest BCUT2D eigenvalue weighted by Gasteiger charge is -2.51. The molecule has 0 heterocycles. The van der Waals surface area contributed by atoms with Crippen molar-refractivity contribution in [2.75, 3.05) is 9.80 Å². The Labute approximate surface area is 452 Å². The summed E-state index contributed by atoms with van der Waals surface area (Å²) in [6.07, 6.45) is 0. The lowest BCUT2D eigenvalue weighted by Crippen LogP contribution is -2.63. The molecule has 0 aromatic heterocycles. The van der Waals surface area contributed by atoms with Crippen molar-refractivity contribution in [2.45, 2.75) is 149 Å². The van der Waals surface area contributed by atoms with Crippen molar-refractivity contribution in [1.29, 1.82) is 0 Å². The summed E-state index contributed by atoms with van der Waals surface area (Å²) in [6, 6.07) is 66.3. The van der Waals surface area contributed by atoms with Crippen LogP contribution in [0.25, 0.3) is 43.4 Å². The minimum absolute atomic E-state index is 0.0586. The molecule has 0 N–H and O–H groups in total. The third kappa shape index (κ3) is 8.98. The molecule has 0 radical (unpaired) electrons. The Morgan fingerprint density at radius 3 is 1.07 bits per heavy atom. The smallest absolute Gasteiger partial charge is 0.0579 e. The summed E-state index contributed by atoms with van der Waals surface area (Å²) in [6.45, 7) is 43.5. The summed E-state index contributed by atoms with van der Waals surface area (Å²) in [7, 11) is -4.26. The molecule has 0 fully saturated rings. The van der Waals surface area contributed by atoms with Crippen molar-refractivity contribution in [3.63, 3.8) is 0 Å². The van der Waals surface area contributed by atoms with Gasteiger partial charge < -0.3 is 9.80 Å². The summed E-state index contributed by atoms with van der Waals surface area (Å²) < 4.78 is -0.102. The van der Waals surface area contributed by atoms with Crippen LogP contribution in [0, 0.1) is 0 Å². The van der Waals surface area contributed by atoms with Gasteiger partial charge in [0.05, 0.1) is 16.1 Å². The number of nitrogens with zero attached hydrogens (tertiary/aromatic N) is 2. The maximum atomic E-state index is 2.66.